The molecule has 0 fully saturated rings. The zero-order valence-electron chi connectivity index (χ0n) is 14.8. The summed E-state index contributed by atoms with van der Waals surface area (Å²) in [7, 11) is 0. The van der Waals surface area contributed by atoms with Crippen LogP contribution in [0.4, 0.5) is 5.69 Å². The first-order chi connectivity index (χ1) is 13.0. The summed E-state index contributed by atoms with van der Waals surface area (Å²) in [5.74, 6) is -1.44. The predicted octanol–water partition coefficient (Wildman–Crippen LogP) is 4.24. The lowest BCUT2D eigenvalue weighted by Crippen LogP contribution is -2.26. The van der Waals surface area contributed by atoms with Crippen LogP contribution in [0.2, 0.25) is 0 Å². The maximum Gasteiger partial charge on any atom is 0.343 e. The molecule has 0 aliphatic rings. The third-order valence-corrected chi connectivity index (χ3v) is 3.98. The van der Waals surface area contributed by atoms with Crippen LogP contribution in [-0.2, 0) is 9.53 Å². The molecule has 1 unspecified atom stereocenters. The number of nitrogens with one attached hydrogen (secondary N) is 1. The summed E-state index contributed by atoms with van der Waals surface area (Å²) in [5, 5.41) is 12.7. The number of carbonyl (C=O) groups excluding carboxylic acids is 2. The summed E-state index contributed by atoms with van der Waals surface area (Å²) < 4.78 is 5.48. The van der Waals surface area contributed by atoms with Gasteiger partial charge in [0.15, 0.2) is 0 Å². The second kappa shape index (κ2) is 8.19. The first kappa shape index (κ1) is 18.2. The molecule has 2 N–H and O–H groups in total. The molecule has 3 aromatic carbocycles. The van der Waals surface area contributed by atoms with E-state index in [1.54, 1.807) is 61.5 Å². The fourth-order valence-electron chi connectivity index (χ4n) is 2.61. The summed E-state index contributed by atoms with van der Waals surface area (Å²) in [6.45, 7) is 1.80. The van der Waals surface area contributed by atoms with Crippen LogP contribution in [0.15, 0.2) is 78.9 Å². The Morgan fingerprint density at radius 3 is 2.22 bits per heavy atom. The minimum atomic E-state index is -1.15. The second-order valence-electron chi connectivity index (χ2n) is 6.07. The number of phenols is 1. The van der Waals surface area contributed by atoms with Gasteiger partial charge in [0.1, 0.15) is 11.3 Å². The van der Waals surface area contributed by atoms with Crippen LogP contribution in [0.25, 0.3) is 0 Å². The lowest BCUT2D eigenvalue weighted by Gasteiger charge is -2.18. The first-order valence-corrected chi connectivity index (χ1v) is 8.46. The van der Waals surface area contributed by atoms with E-state index < -0.39 is 18.0 Å². The van der Waals surface area contributed by atoms with Gasteiger partial charge in [0.2, 0.25) is 6.10 Å². The van der Waals surface area contributed by atoms with E-state index in [4.69, 9.17) is 4.74 Å². The summed E-state index contributed by atoms with van der Waals surface area (Å²) in [5.41, 5.74) is 1.94. The Kier molecular flexibility index (Phi) is 5.52. The minimum absolute atomic E-state index is 0.0171. The third-order valence-electron chi connectivity index (χ3n) is 3.98. The number of para-hydroxylation sites is 1. The van der Waals surface area contributed by atoms with Gasteiger partial charge in [-0.15, -0.1) is 0 Å². The number of phenolic OH excluding ortho intramolecular Hbond substituents is 1. The van der Waals surface area contributed by atoms with Crippen LogP contribution in [0.3, 0.4) is 0 Å². The highest BCUT2D eigenvalue weighted by Gasteiger charge is 2.27. The number of hydrogen-bond acceptors (Lipinski definition) is 4. The molecule has 0 radical (unpaired) electrons. The average Bonchev–Trinajstić information content (AvgIpc) is 2.69. The number of carbonyl (C=O) groups is 2. The standard InChI is InChI=1S/C22H19NO4/c1-15-12-13-19(24)18(14-15)22(26)27-20(16-8-4-2-5-9-16)21(25)23-17-10-6-3-7-11-17/h2-14,20,24H,1H3,(H,23,25). The topological polar surface area (TPSA) is 75.6 Å². The van der Waals surface area contributed by atoms with Crippen LogP contribution in [-0.4, -0.2) is 17.0 Å². The van der Waals surface area contributed by atoms with Crippen molar-refractivity contribution in [2.75, 3.05) is 5.32 Å². The van der Waals surface area contributed by atoms with E-state index in [0.717, 1.165) is 5.56 Å². The molecular weight excluding hydrogens is 342 g/mol. The second-order valence-corrected chi connectivity index (χ2v) is 6.07. The monoisotopic (exact) mass is 361 g/mol. The number of esters is 1. The molecule has 0 spiro atoms. The molecule has 0 aliphatic heterocycles. The molecule has 0 saturated heterocycles. The van der Waals surface area contributed by atoms with Crippen molar-refractivity contribution in [1.82, 2.24) is 0 Å². The smallest absolute Gasteiger partial charge is 0.343 e. The van der Waals surface area contributed by atoms with Crippen molar-refractivity contribution in [2.45, 2.75) is 13.0 Å². The van der Waals surface area contributed by atoms with Gasteiger partial charge < -0.3 is 15.2 Å². The van der Waals surface area contributed by atoms with Gasteiger partial charge in [-0.05, 0) is 31.2 Å². The van der Waals surface area contributed by atoms with E-state index in [0.29, 0.717) is 11.3 Å². The molecule has 5 heteroatoms. The van der Waals surface area contributed by atoms with Crippen LogP contribution < -0.4 is 5.32 Å². The highest BCUT2D eigenvalue weighted by molar-refractivity contribution is 5.99. The van der Waals surface area contributed by atoms with E-state index in [2.05, 4.69) is 5.32 Å². The van der Waals surface area contributed by atoms with Gasteiger partial charge in [0.25, 0.3) is 5.91 Å². The average molecular weight is 361 g/mol. The van der Waals surface area contributed by atoms with E-state index in [1.807, 2.05) is 12.1 Å². The normalized spacial score (nSPS) is 11.4. The number of aromatic hydroxyl groups is 1. The number of hydrogen-bond donors (Lipinski definition) is 2. The SMILES string of the molecule is Cc1ccc(O)c(C(=O)OC(C(=O)Nc2ccccc2)c2ccccc2)c1. The van der Waals surface area contributed by atoms with Gasteiger partial charge >= 0.3 is 5.97 Å². The largest absolute Gasteiger partial charge is 0.507 e. The highest BCUT2D eigenvalue weighted by atomic mass is 16.5. The number of amides is 1. The fourth-order valence-corrected chi connectivity index (χ4v) is 2.61. The van der Waals surface area contributed by atoms with Crippen molar-refractivity contribution >= 4 is 17.6 Å². The van der Waals surface area contributed by atoms with Crippen LogP contribution in [0.1, 0.15) is 27.6 Å². The van der Waals surface area contributed by atoms with Crippen molar-refractivity contribution < 1.29 is 19.4 Å². The van der Waals surface area contributed by atoms with E-state index in [-0.39, 0.29) is 11.3 Å². The quantitative estimate of drug-likeness (QED) is 0.667. The van der Waals surface area contributed by atoms with Crippen LogP contribution >= 0.6 is 0 Å². The molecule has 3 rings (SSSR count). The number of aryl methyl sites for hydroxylation is 1. The molecule has 0 saturated carbocycles. The molecule has 5 nitrogen and oxygen atoms in total. The van der Waals surface area contributed by atoms with Gasteiger partial charge in [-0.2, -0.15) is 0 Å². The molecule has 0 aromatic heterocycles. The number of anilines is 1. The van der Waals surface area contributed by atoms with Crippen molar-refractivity contribution in [3.05, 3.63) is 95.6 Å². The Morgan fingerprint density at radius 2 is 1.56 bits per heavy atom. The summed E-state index contributed by atoms with van der Waals surface area (Å²) in [6, 6.07) is 22.3. The van der Waals surface area contributed by atoms with Gasteiger partial charge in [0, 0.05) is 11.3 Å². The van der Waals surface area contributed by atoms with Gasteiger partial charge in [-0.3, -0.25) is 4.79 Å². The molecular formula is C22H19NO4. The fraction of sp³-hybridized carbons (Fsp3) is 0.0909. The number of ether oxygens (including phenoxy) is 1. The van der Waals surface area contributed by atoms with Crippen molar-refractivity contribution in [3.8, 4) is 5.75 Å². The molecule has 1 amide bonds. The number of benzene rings is 3. The van der Waals surface area contributed by atoms with Gasteiger partial charge in [-0.1, -0.05) is 60.2 Å². The molecule has 27 heavy (non-hydrogen) atoms. The maximum absolute atomic E-state index is 12.8. The first-order valence-electron chi connectivity index (χ1n) is 8.46. The third kappa shape index (κ3) is 4.52. The zero-order chi connectivity index (χ0) is 19.2. The Labute approximate surface area is 157 Å². The summed E-state index contributed by atoms with van der Waals surface area (Å²) >= 11 is 0. The van der Waals surface area contributed by atoms with Crippen LogP contribution in [0.5, 0.6) is 5.75 Å². The molecule has 0 bridgehead atoms. The van der Waals surface area contributed by atoms with Crippen molar-refractivity contribution in [2.24, 2.45) is 0 Å². The lowest BCUT2D eigenvalue weighted by molar-refractivity contribution is -0.125. The lowest BCUT2D eigenvalue weighted by atomic mass is 10.1. The van der Waals surface area contributed by atoms with E-state index in [1.165, 1.54) is 12.1 Å². The van der Waals surface area contributed by atoms with E-state index >= 15 is 0 Å². The molecule has 0 heterocycles. The predicted molar refractivity (Wildman–Crippen MR) is 103 cm³/mol. The Balaban J connectivity index is 1.87. The van der Waals surface area contributed by atoms with Crippen LogP contribution in [0, 0.1) is 6.92 Å². The summed E-state index contributed by atoms with van der Waals surface area (Å²) in [6.07, 6.45) is -1.15. The van der Waals surface area contributed by atoms with Crippen molar-refractivity contribution in [1.29, 1.82) is 0 Å². The Hall–Kier alpha value is -3.60. The molecule has 1 atom stereocenters. The summed E-state index contributed by atoms with van der Waals surface area (Å²) in [4.78, 5) is 25.4. The Bertz CT molecular complexity index is 939. The zero-order valence-corrected chi connectivity index (χ0v) is 14.8. The van der Waals surface area contributed by atoms with E-state index in [9.17, 15) is 14.7 Å². The molecule has 136 valence electrons. The van der Waals surface area contributed by atoms with Gasteiger partial charge in [0.05, 0.1) is 0 Å². The maximum atomic E-state index is 12.8. The molecule has 0 aliphatic carbocycles. The Morgan fingerprint density at radius 1 is 0.926 bits per heavy atom. The van der Waals surface area contributed by atoms with Gasteiger partial charge in [-0.25, -0.2) is 4.79 Å². The molecule has 3 aromatic rings. The van der Waals surface area contributed by atoms with Crippen molar-refractivity contribution in [3.63, 3.8) is 0 Å². The highest BCUT2D eigenvalue weighted by Crippen LogP contribution is 2.25. The minimum Gasteiger partial charge on any atom is -0.507 e. The number of rotatable bonds is 5.